The summed E-state index contributed by atoms with van der Waals surface area (Å²) in [5.74, 6) is 3.46. The molecule has 8 nitrogen and oxygen atoms in total. The number of nitrogens with zero attached hydrogens (tertiary/aromatic N) is 2. The molecule has 0 bridgehead atoms. The van der Waals surface area contributed by atoms with E-state index in [2.05, 4.69) is 56.2 Å². The third kappa shape index (κ3) is 16.6. The number of methoxy groups -OCH3 is 2. The molecule has 2 heterocycles. The Bertz CT molecular complexity index is 1570. The molecule has 0 unspecified atom stereocenters. The lowest BCUT2D eigenvalue weighted by Crippen LogP contribution is -3.00. The zero-order valence-corrected chi connectivity index (χ0v) is 32.9. The van der Waals surface area contributed by atoms with Crippen molar-refractivity contribution in [3.05, 3.63) is 120 Å². The van der Waals surface area contributed by atoms with Gasteiger partial charge in [0, 0.05) is 86.7 Å². The summed E-state index contributed by atoms with van der Waals surface area (Å²) in [5.41, 5.74) is 4.37. The van der Waals surface area contributed by atoms with Crippen LogP contribution in [0.25, 0.3) is 24.3 Å². The summed E-state index contributed by atoms with van der Waals surface area (Å²) in [6, 6.07) is 28.1. The predicted molar refractivity (Wildman–Crippen MR) is 207 cm³/mol. The maximum absolute atomic E-state index is 12.4. The van der Waals surface area contributed by atoms with Gasteiger partial charge >= 0.3 is 0 Å². The van der Waals surface area contributed by atoms with Gasteiger partial charge in [0.2, 0.25) is 23.2 Å². The van der Waals surface area contributed by atoms with Crippen LogP contribution in [0.3, 0.4) is 0 Å². The number of nitrogens with one attached hydrogen (secondary N) is 2. The largest absolute Gasteiger partial charge is 1.00 e. The monoisotopic (exact) mass is 782 g/mol. The molecule has 2 N–H and O–H groups in total. The van der Waals surface area contributed by atoms with E-state index >= 15 is 0 Å². The molecular formula is C40H48Cl2N4O4S2. The Labute approximate surface area is 328 Å². The fraction of sp³-hybridized carbons (Fsp3) is 0.300. The minimum Gasteiger partial charge on any atom is -1.00 e. The molecule has 2 amide bonds. The number of ether oxygens (including phenoxy) is 2. The summed E-state index contributed by atoms with van der Waals surface area (Å²) < 4.78 is 14.8. The normalized spacial score (nSPS) is 10.7. The molecule has 52 heavy (non-hydrogen) atoms. The highest BCUT2D eigenvalue weighted by Crippen LogP contribution is 2.19. The van der Waals surface area contributed by atoms with Gasteiger partial charge in [0.05, 0.1) is 14.2 Å². The lowest BCUT2D eigenvalue weighted by molar-refractivity contribution is -0.699. The van der Waals surface area contributed by atoms with Crippen molar-refractivity contribution in [2.24, 2.45) is 0 Å². The molecule has 2 aromatic carbocycles. The van der Waals surface area contributed by atoms with Crippen LogP contribution in [-0.4, -0.2) is 50.6 Å². The second-order valence-electron chi connectivity index (χ2n) is 11.4. The highest BCUT2D eigenvalue weighted by atomic mass is 35.5. The Balaban J connectivity index is 0.00000468. The molecule has 4 aromatic rings. The minimum absolute atomic E-state index is 0. The van der Waals surface area contributed by atoms with E-state index < -0.39 is 0 Å². The quantitative estimate of drug-likeness (QED) is 0.0729. The van der Waals surface area contributed by atoms with Crippen molar-refractivity contribution in [3.63, 3.8) is 0 Å². The van der Waals surface area contributed by atoms with Crippen molar-refractivity contribution in [1.82, 2.24) is 10.6 Å². The fourth-order valence-electron chi connectivity index (χ4n) is 5.06. The first kappa shape index (κ1) is 44.2. The van der Waals surface area contributed by atoms with Gasteiger partial charge in [-0.3, -0.25) is 9.59 Å². The first-order valence-electron chi connectivity index (χ1n) is 16.9. The van der Waals surface area contributed by atoms with Crippen LogP contribution in [-0.2, 0) is 22.7 Å². The second-order valence-corrected chi connectivity index (χ2v) is 14.1. The molecule has 0 aliphatic heterocycles. The van der Waals surface area contributed by atoms with Crippen LogP contribution in [0.2, 0.25) is 0 Å². The van der Waals surface area contributed by atoms with Gasteiger partial charge in [-0.05, 0) is 59.7 Å². The highest BCUT2D eigenvalue weighted by Gasteiger charge is 2.10. The maximum atomic E-state index is 12.4. The molecule has 0 spiro atoms. The van der Waals surface area contributed by atoms with Crippen molar-refractivity contribution < 1.29 is 53.0 Å². The van der Waals surface area contributed by atoms with E-state index in [0.717, 1.165) is 71.5 Å². The van der Waals surface area contributed by atoms with Gasteiger partial charge in [0.25, 0.3) is 0 Å². The van der Waals surface area contributed by atoms with Crippen molar-refractivity contribution in [3.8, 4) is 11.5 Å². The molecule has 278 valence electrons. The van der Waals surface area contributed by atoms with Crippen molar-refractivity contribution >= 4 is 57.7 Å². The van der Waals surface area contributed by atoms with Crippen molar-refractivity contribution in [1.29, 1.82) is 0 Å². The molecule has 0 atom stereocenters. The average molecular weight is 784 g/mol. The number of hydrogen-bond acceptors (Lipinski definition) is 6. The lowest BCUT2D eigenvalue weighted by Gasteiger charge is -2.06. The van der Waals surface area contributed by atoms with Crippen molar-refractivity contribution in [2.45, 2.75) is 38.8 Å². The number of halogens is 2. The number of benzene rings is 2. The number of pyridine rings is 2. The summed E-state index contributed by atoms with van der Waals surface area (Å²) in [4.78, 5) is 24.8. The van der Waals surface area contributed by atoms with Crippen LogP contribution in [0, 0.1) is 0 Å². The number of hydrogen-bond donors (Lipinski definition) is 2. The molecule has 0 radical (unpaired) electrons. The molecular weight excluding hydrogens is 736 g/mol. The molecule has 0 aliphatic carbocycles. The first-order valence-corrected chi connectivity index (χ1v) is 19.4. The van der Waals surface area contributed by atoms with Crippen LogP contribution in [0.4, 0.5) is 0 Å². The Hall–Kier alpha value is -3.96. The summed E-state index contributed by atoms with van der Waals surface area (Å²) >= 11 is 0. The van der Waals surface area contributed by atoms with Gasteiger partial charge in [0.15, 0.2) is 12.4 Å². The zero-order chi connectivity index (χ0) is 35.2. The van der Waals surface area contributed by atoms with Crippen LogP contribution in [0.1, 0.15) is 48.2 Å². The molecule has 0 fully saturated rings. The Morgan fingerprint density at radius 2 is 1.00 bits per heavy atom. The number of rotatable bonds is 21. The van der Waals surface area contributed by atoms with Gasteiger partial charge in [-0.25, -0.2) is 0 Å². The fourth-order valence-corrected chi connectivity index (χ4v) is 6.87. The van der Waals surface area contributed by atoms with Crippen LogP contribution in [0.15, 0.2) is 97.3 Å². The van der Waals surface area contributed by atoms with Crippen LogP contribution < -0.4 is 54.1 Å². The van der Waals surface area contributed by atoms with E-state index in [9.17, 15) is 9.59 Å². The van der Waals surface area contributed by atoms with E-state index in [1.54, 1.807) is 35.8 Å². The maximum Gasteiger partial charge on any atom is 0.220 e. The second kappa shape index (κ2) is 25.9. The van der Waals surface area contributed by atoms with Crippen molar-refractivity contribution in [2.75, 3.05) is 38.8 Å². The van der Waals surface area contributed by atoms with Crippen LogP contribution >= 0.6 is 21.6 Å². The summed E-state index contributed by atoms with van der Waals surface area (Å²) in [6.45, 7) is 2.79. The Morgan fingerprint density at radius 3 is 1.38 bits per heavy atom. The van der Waals surface area contributed by atoms with Crippen LogP contribution in [0.5, 0.6) is 11.5 Å². The number of amides is 2. The topological polar surface area (TPSA) is 84.4 Å². The van der Waals surface area contributed by atoms with Gasteiger partial charge in [-0.2, -0.15) is 9.13 Å². The molecule has 12 heteroatoms. The number of aryl methyl sites for hydroxylation is 2. The number of carbonyl (C=O) groups is 2. The minimum atomic E-state index is 0. The van der Waals surface area contributed by atoms with E-state index in [-0.39, 0.29) is 36.6 Å². The van der Waals surface area contributed by atoms with Gasteiger partial charge in [-0.1, -0.05) is 45.9 Å². The van der Waals surface area contributed by atoms with Gasteiger partial charge < -0.3 is 44.9 Å². The predicted octanol–water partition coefficient (Wildman–Crippen LogP) is 0.502. The van der Waals surface area contributed by atoms with E-state index in [1.807, 2.05) is 85.2 Å². The molecule has 0 saturated carbocycles. The molecule has 4 rings (SSSR count). The molecule has 2 aromatic heterocycles. The summed E-state index contributed by atoms with van der Waals surface area (Å²) in [5, 5.41) is 6.04. The SMILES string of the molecule is COc1ccc(C=Cc2cccc[n+]2CCCC(=O)NCCSSCCNC(=O)CCC[n+]2ccccc2C=Cc2ccc(OC)cc2)cc1.[Cl-].[Cl-]. The Kier molecular flexibility index (Phi) is 22.0. The third-order valence-corrected chi connectivity index (χ3v) is 10.2. The smallest absolute Gasteiger partial charge is 0.220 e. The number of carbonyl (C=O) groups excluding carboxylic acids is 2. The van der Waals surface area contributed by atoms with E-state index in [1.165, 1.54) is 0 Å². The number of aromatic nitrogens is 2. The average Bonchev–Trinajstić information content (AvgIpc) is 3.15. The molecule has 0 aliphatic rings. The molecule has 0 saturated heterocycles. The Morgan fingerprint density at radius 1 is 0.596 bits per heavy atom. The summed E-state index contributed by atoms with van der Waals surface area (Å²) in [6.07, 6.45) is 14.9. The first-order chi connectivity index (χ1) is 24.5. The zero-order valence-electron chi connectivity index (χ0n) is 29.7. The third-order valence-electron chi connectivity index (χ3n) is 7.78. The lowest BCUT2D eigenvalue weighted by atomic mass is 10.2. The summed E-state index contributed by atoms with van der Waals surface area (Å²) in [7, 11) is 6.75. The van der Waals surface area contributed by atoms with E-state index in [0.29, 0.717) is 25.9 Å². The standard InChI is InChI=1S/C40H46N4O4S2.2ClH/c1-47-37-21-15-33(16-22-37)13-19-35-9-3-5-27-43(35)29-7-11-39(45)41-25-31-49-50-32-26-42-40(46)12-8-30-44-28-6-4-10-36(44)20-14-34-17-23-38(48-2)24-18-34;;/h3-6,9-10,13-24,27-28H,7-8,11-12,25-26,29-32H2,1-2H3;2*1H. The van der Waals surface area contributed by atoms with Gasteiger partial charge in [0.1, 0.15) is 24.6 Å². The van der Waals surface area contributed by atoms with Gasteiger partial charge in [-0.15, -0.1) is 0 Å². The highest BCUT2D eigenvalue weighted by molar-refractivity contribution is 8.76. The van der Waals surface area contributed by atoms with E-state index in [4.69, 9.17) is 9.47 Å².